The number of aromatic nitrogens is 4. The van der Waals surface area contributed by atoms with E-state index in [2.05, 4.69) is 19.9 Å². The van der Waals surface area contributed by atoms with Gasteiger partial charge in [0.2, 0.25) is 11.8 Å². The molecule has 7 nitrogen and oxygen atoms in total. The Balaban J connectivity index is 1.61. The molecule has 0 aliphatic carbocycles. The number of ether oxygens (including phenoxy) is 2. The standard InChI is InChI=1S/C17H14N4O3/c1-23-15-5-3-12-16(21-15)18-9-19-17(12)24-8-10-2-4-13-11(6-10)7-14(22)20-13/h2-7,9,20,22H,8H2,1H3. The van der Waals surface area contributed by atoms with Crippen LogP contribution in [0.25, 0.3) is 21.9 Å². The minimum absolute atomic E-state index is 0.143. The van der Waals surface area contributed by atoms with E-state index >= 15 is 0 Å². The Kier molecular flexibility index (Phi) is 3.38. The first-order chi connectivity index (χ1) is 11.7. The molecule has 0 atom stereocenters. The summed E-state index contributed by atoms with van der Waals surface area (Å²) in [4.78, 5) is 15.5. The van der Waals surface area contributed by atoms with Gasteiger partial charge >= 0.3 is 0 Å². The number of hydrogen-bond donors (Lipinski definition) is 2. The van der Waals surface area contributed by atoms with Gasteiger partial charge in [0, 0.05) is 23.0 Å². The minimum atomic E-state index is 0.143. The van der Waals surface area contributed by atoms with Crippen molar-refractivity contribution >= 4 is 21.9 Å². The molecule has 4 rings (SSSR count). The average molecular weight is 322 g/mol. The number of methoxy groups -OCH3 is 1. The van der Waals surface area contributed by atoms with Crippen molar-refractivity contribution in [2.24, 2.45) is 0 Å². The van der Waals surface area contributed by atoms with Crippen LogP contribution in [0.2, 0.25) is 0 Å². The van der Waals surface area contributed by atoms with Crippen LogP contribution in [0.3, 0.4) is 0 Å². The van der Waals surface area contributed by atoms with E-state index in [0.717, 1.165) is 21.9 Å². The number of aromatic amines is 1. The van der Waals surface area contributed by atoms with Crippen LogP contribution in [0.15, 0.2) is 42.7 Å². The molecular weight excluding hydrogens is 308 g/mol. The number of aromatic hydroxyl groups is 1. The molecule has 0 fully saturated rings. The van der Waals surface area contributed by atoms with E-state index in [1.54, 1.807) is 19.2 Å². The molecule has 4 aromatic rings. The second kappa shape index (κ2) is 5.69. The van der Waals surface area contributed by atoms with E-state index in [9.17, 15) is 5.11 Å². The SMILES string of the molecule is COc1ccc2c(OCc3ccc4[nH]c(O)cc4c3)ncnc2n1. The first-order valence-corrected chi connectivity index (χ1v) is 7.32. The Morgan fingerprint density at radius 2 is 2.04 bits per heavy atom. The number of fused-ring (bicyclic) bond motifs is 2. The fraction of sp³-hybridized carbons (Fsp3) is 0.118. The third-order valence-corrected chi connectivity index (χ3v) is 3.69. The molecule has 0 bridgehead atoms. The molecule has 7 heteroatoms. The van der Waals surface area contributed by atoms with Crippen molar-refractivity contribution in [1.29, 1.82) is 0 Å². The summed E-state index contributed by atoms with van der Waals surface area (Å²) in [5.74, 6) is 1.10. The highest BCUT2D eigenvalue weighted by Gasteiger charge is 2.08. The minimum Gasteiger partial charge on any atom is -0.495 e. The molecule has 3 heterocycles. The molecular formula is C17H14N4O3. The number of pyridine rings is 1. The molecule has 3 aromatic heterocycles. The van der Waals surface area contributed by atoms with Crippen molar-refractivity contribution in [3.05, 3.63) is 48.3 Å². The van der Waals surface area contributed by atoms with Crippen LogP contribution >= 0.6 is 0 Å². The molecule has 0 unspecified atom stereocenters. The van der Waals surface area contributed by atoms with E-state index in [1.165, 1.54) is 6.33 Å². The quantitative estimate of drug-likeness (QED) is 0.600. The van der Waals surface area contributed by atoms with Crippen LogP contribution in [0.1, 0.15) is 5.56 Å². The zero-order valence-corrected chi connectivity index (χ0v) is 12.9. The molecule has 2 N–H and O–H groups in total. The Morgan fingerprint density at radius 3 is 2.92 bits per heavy atom. The number of nitrogens with zero attached hydrogens (tertiary/aromatic N) is 3. The Labute approximate surface area is 136 Å². The van der Waals surface area contributed by atoms with Gasteiger partial charge in [0.1, 0.15) is 12.9 Å². The predicted octanol–water partition coefficient (Wildman–Crippen LogP) is 2.80. The van der Waals surface area contributed by atoms with Crippen LogP contribution in [0, 0.1) is 0 Å². The molecule has 0 amide bonds. The third-order valence-electron chi connectivity index (χ3n) is 3.69. The maximum absolute atomic E-state index is 9.50. The third kappa shape index (κ3) is 2.56. The summed E-state index contributed by atoms with van der Waals surface area (Å²) in [6, 6.07) is 11.0. The fourth-order valence-electron chi connectivity index (χ4n) is 2.54. The van der Waals surface area contributed by atoms with Crippen LogP contribution < -0.4 is 9.47 Å². The highest BCUT2D eigenvalue weighted by atomic mass is 16.5. The lowest BCUT2D eigenvalue weighted by molar-refractivity contribution is 0.297. The van der Waals surface area contributed by atoms with E-state index in [0.29, 0.717) is 24.0 Å². The van der Waals surface area contributed by atoms with Crippen LogP contribution in [0.4, 0.5) is 0 Å². The lowest BCUT2D eigenvalue weighted by Gasteiger charge is -2.08. The molecule has 0 saturated carbocycles. The summed E-state index contributed by atoms with van der Waals surface area (Å²) in [6.45, 7) is 0.347. The van der Waals surface area contributed by atoms with Gasteiger partial charge in [-0.05, 0) is 23.8 Å². The molecule has 0 aliphatic heterocycles. The summed E-state index contributed by atoms with van der Waals surface area (Å²) in [6.07, 6.45) is 1.41. The number of rotatable bonds is 4. The monoisotopic (exact) mass is 322 g/mol. The molecule has 0 aliphatic rings. The van der Waals surface area contributed by atoms with Crippen molar-refractivity contribution in [3.63, 3.8) is 0 Å². The van der Waals surface area contributed by atoms with Gasteiger partial charge in [-0.1, -0.05) is 6.07 Å². The Hall–Kier alpha value is -3.35. The zero-order valence-electron chi connectivity index (χ0n) is 12.9. The normalized spacial score (nSPS) is 11.0. The maximum Gasteiger partial charge on any atom is 0.226 e. The first kappa shape index (κ1) is 14.3. The number of nitrogens with one attached hydrogen (secondary N) is 1. The summed E-state index contributed by atoms with van der Waals surface area (Å²) in [5, 5.41) is 11.1. The van der Waals surface area contributed by atoms with Gasteiger partial charge in [-0.25, -0.2) is 9.97 Å². The smallest absolute Gasteiger partial charge is 0.226 e. The van der Waals surface area contributed by atoms with E-state index in [4.69, 9.17) is 9.47 Å². The maximum atomic E-state index is 9.50. The van der Waals surface area contributed by atoms with Crippen molar-refractivity contribution in [2.75, 3.05) is 7.11 Å². The second-order valence-electron chi connectivity index (χ2n) is 5.27. The number of hydrogen-bond acceptors (Lipinski definition) is 6. The Bertz CT molecular complexity index is 1030. The van der Waals surface area contributed by atoms with E-state index in [-0.39, 0.29) is 5.88 Å². The van der Waals surface area contributed by atoms with E-state index in [1.807, 2.05) is 24.3 Å². The van der Waals surface area contributed by atoms with Crippen molar-refractivity contribution < 1.29 is 14.6 Å². The van der Waals surface area contributed by atoms with Crippen LogP contribution in [-0.2, 0) is 6.61 Å². The molecule has 1 aromatic carbocycles. The molecule has 24 heavy (non-hydrogen) atoms. The number of H-pyrrole nitrogens is 1. The highest BCUT2D eigenvalue weighted by molar-refractivity contribution is 5.82. The summed E-state index contributed by atoms with van der Waals surface area (Å²) in [7, 11) is 1.56. The Morgan fingerprint density at radius 1 is 1.12 bits per heavy atom. The topological polar surface area (TPSA) is 93.2 Å². The van der Waals surface area contributed by atoms with Crippen molar-refractivity contribution in [3.8, 4) is 17.6 Å². The predicted molar refractivity (Wildman–Crippen MR) is 88.2 cm³/mol. The van der Waals surface area contributed by atoms with Gasteiger partial charge in [-0.15, -0.1) is 0 Å². The van der Waals surface area contributed by atoms with Gasteiger partial charge in [-0.2, -0.15) is 4.98 Å². The van der Waals surface area contributed by atoms with Gasteiger partial charge in [0.15, 0.2) is 11.5 Å². The lowest BCUT2D eigenvalue weighted by atomic mass is 10.2. The van der Waals surface area contributed by atoms with Gasteiger partial charge < -0.3 is 19.6 Å². The first-order valence-electron chi connectivity index (χ1n) is 7.32. The fourth-order valence-corrected chi connectivity index (χ4v) is 2.54. The summed E-state index contributed by atoms with van der Waals surface area (Å²) < 4.78 is 10.9. The lowest BCUT2D eigenvalue weighted by Crippen LogP contribution is -1.99. The van der Waals surface area contributed by atoms with Crippen LogP contribution in [0.5, 0.6) is 17.6 Å². The largest absolute Gasteiger partial charge is 0.495 e. The zero-order chi connectivity index (χ0) is 16.5. The summed E-state index contributed by atoms with van der Waals surface area (Å²) in [5.41, 5.74) is 2.36. The van der Waals surface area contributed by atoms with Crippen LogP contribution in [-0.4, -0.2) is 32.2 Å². The van der Waals surface area contributed by atoms with Gasteiger partial charge in [-0.3, -0.25) is 0 Å². The summed E-state index contributed by atoms with van der Waals surface area (Å²) >= 11 is 0. The van der Waals surface area contributed by atoms with Gasteiger partial charge in [0.05, 0.1) is 12.5 Å². The molecule has 120 valence electrons. The van der Waals surface area contributed by atoms with Crippen molar-refractivity contribution in [1.82, 2.24) is 19.9 Å². The molecule has 0 spiro atoms. The molecule has 0 radical (unpaired) electrons. The molecule has 0 saturated heterocycles. The van der Waals surface area contributed by atoms with E-state index < -0.39 is 0 Å². The highest BCUT2D eigenvalue weighted by Crippen LogP contribution is 2.24. The second-order valence-corrected chi connectivity index (χ2v) is 5.27. The number of benzene rings is 1. The average Bonchev–Trinajstić information content (AvgIpc) is 2.98. The van der Waals surface area contributed by atoms with Crippen molar-refractivity contribution in [2.45, 2.75) is 6.61 Å². The van der Waals surface area contributed by atoms with Gasteiger partial charge in [0.25, 0.3) is 0 Å².